The van der Waals surface area contributed by atoms with Crippen molar-refractivity contribution in [3.05, 3.63) is 161 Å². The van der Waals surface area contributed by atoms with Gasteiger partial charge in [-0.2, -0.15) is 25.6 Å². The van der Waals surface area contributed by atoms with Gasteiger partial charge in [-0.25, -0.2) is 9.78 Å². The number of hydrogen-bond acceptors (Lipinski definition) is 26. The Kier molecular flexibility index (Phi) is 35.3. The van der Waals surface area contributed by atoms with E-state index in [2.05, 4.69) is 154 Å². The van der Waals surface area contributed by atoms with Gasteiger partial charge in [-0.05, 0) is 95.6 Å². The number of carbonyl (C=O) groups is 3. The first-order valence-corrected chi connectivity index (χ1v) is 43.1. The lowest BCUT2D eigenvalue weighted by atomic mass is 9.80. The van der Waals surface area contributed by atoms with Crippen LogP contribution in [0, 0.1) is 22.7 Å². The topological polar surface area (TPSA) is 484 Å². The number of nitrogens with two attached hydrogens (primary N) is 2. The van der Waals surface area contributed by atoms with Crippen molar-refractivity contribution in [2.45, 2.75) is 251 Å². The molecule has 33 heteroatoms. The minimum Gasteiger partial charge on any atom is -0.476 e. The van der Waals surface area contributed by atoms with E-state index < -0.39 is 28.7 Å². The van der Waals surface area contributed by atoms with E-state index in [9.17, 15) is 14.4 Å². The van der Waals surface area contributed by atoms with Gasteiger partial charge in [0.2, 0.25) is 11.8 Å². The molecule has 112 heavy (non-hydrogen) atoms. The van der Waals surface area contributed by atoms with Crippen molar-refractivity contribution in [2.75, 3.05) is 7.11 Å². The Labute approximate surface area is 657 Å². The van der Waals surface area contributed by atoms with Crippen molar-refractivity contribution < 1.29 is 66.4 Å². The maximum Gasteiger partial charge on any atom is 0.358 e. The van der Waals surface area contributed by atoms with Gasteiger partial charge in [0.25, 0.3) is 11.8 Å². The number of aliphatic hydroxyl groups is 2. The number of carbonyl (C=O) groups excluding carboxylic acids is 2. The van der Waals surface area contributed by atoms with Gasteiger partial charge >= 0.3 is 5.97 Å². The average Bonchev–Trinajstić information content (AvgIpc) is 1.61. The summed E-state index contributed by atoms with van der Waals surface area (Å²) in [7, 11) is -2.53. The molecule has 6 heterocycles. The molecule has 3 aromatic carbocycles. The summed E-state index contributed by atoms with van der Waals surface area (Å²) in [6.45, 7) is 38.9. The first kappa shape index (κ1) is 92.2. The van der Waals surface area contributed by atoms with Crippen LogP contribution in [0.1, 0.15) is 244 Å². The van der Waals surface area contributed by atoms with Crippen LogP contribution < -0.4 is 22.1 Å². The van der Waals surface area contributed by atoms with Gasteiger partial charge in [0.1, 0.15) is 24.1 Å². The molecule has 31 nitrogen and oxygen atoms in total. The number of aromatic amines is 1. The number of rotatable bonds is 19. The molecule has 3 aliphatic rings. The highest BCUT2D eigenvalue weighted by Gasteiger charge is 2.41. The van der Waals surface area contributed by atoms with Gasteiger partial charge in [0, 0.05) is 95.6 Å². The number of carboxylic acids is 1. The normalized spacial score (nSPS) is 17.8. The number of aromatic carboxylic acids is 1. The molecule has 11 N–H and O–H groups in total. The SMILES string of the molecule is CC(C#N)O[Si](C)(C)C(C)(C)C.CC(C)c1n[nH]c(C2CC(N)C2)n1.CC(C)c1noc(C2CC(NC(=O)c3cc(-c4ccccc4)on3)C2)n1.CC(C)c1noc(C2CC(NC(=O)c3cc(-c4ccccc4)on3)C2)n1.CC(O)C#N.CC(O[Si](C)(C)C(C)(C)C)/C(N)=N\O.CO.O=C(O)c1cc(-c2ccccc2)on1. The fourth-order valence-corrected chi connectivity index (χ4v) is 12.7. The zero-order chi connectivity index (χ0) is 83.4. The van der Waals surface area contributed by atoms with Crippen LogP contribution in [0.4, 0.5) is 0 Å². The Morgan fingerprint density at radius 1 is 0.554 bits per heavy atom. The Bertz CT molecular complexity index is 4260. The van der Waals surface area contributed by atoms with E-state index in [0.29, 0.717) is 46.9 Å². The van der Waals surface area contributed by atoms with Crippen LogP contribution >= 0.6 is 0 Å². The Balaban J connectivity index is 0.000000243. The van der Waals surface area contributed by atoms with E-state index in [1.54, 1.807) is 32.0 Å². The van der Waals surface area contributed by atoms with Gasteiger partial charge < -0.3 is 74.1 Å². The standard InChI is InChI=1S/2C19H20N4O3.C10H7NO3.C9H16N4.C9H22N2O2Si.C9H19NOSi.C3H5NO.CH4O/c2*1-11(2)17-21-19(26-23-17)13-8-14(9-13)20-18(24)15-10-16(25-22-15)12-6-4-3-5-7-12;12-10(13)8-6-9(14-11-8)7-4-2-1-3-5-7;1-5(2)8-11-9(13-12-8)6-3-7(10)4-6;1-7(8(10)11-12)13-14(5,6)9(2,3)4;1-8(7-10)11-12(5,6)9(2,3)4;1-3(5)2-4;1-2/h2*3-7,10-11,13-14H,8-9H2,1-2H3,(H,20,24);1-6H,(H,12,13);5-7H,3-4,10H2,1-2H3,(H,11,12,13);7,12H,1-6H3,(H2,10,11);8H,1-6H3;3,5H,1H3;2H,1H3. The molecule has 6 aromatic heterocycles. The maximum absolute atomic E-state index is 12.3. The summed E-state index contributed by atoms with van der Waals surface area (Å²) in [6.07, 6.45) is 3.84. The number of hydrogen-bond donors (Lipinski definition) is 9. The monoisotopic (exact) mass is 1580 g/mol. The first-order valence-electron chi connectivity index (χ1n) is 37.2. The van der Waals surface area contributed by atoms with Gasteiger partial charge in [-0.3, -0.25) is 14.7 Å². The van der Waals surface area contributed by atoms with E-state index in [-0.39, 0.29) is 92.8 Å². The van der Waals surface area contributed by atoms with Crippen molar-refractivity contribution in [1.82, 2.24) is 61.6 Å². The number of amides is 2. The van der Waals surface area contributed by atoms with Crippen molar-refractivity contribution in [2.24, 2.45) is 16.6 Å². The van der Waals surface area contributed by atoms with Gasteiger partial charge in [0.15, 0.2) is 74.3 Å². The second-order valence-corrected chi connectivity index (χ2v) is 40.8. The highest BCUT2D eigenvalue weighted by molar-refractivity contribution is 6.74. The zero-order valence-electron chi connectivity index (χ0n) is 68.0. The fourth-order valence-electron chi connectivity index (χ4n) is 10.1. The quantitative estimate of drug-likeness (QED) is 0.00906. The maximum atomic E-state index is 12.3. The van der Waals surface area contributed by atoms with E-state index in [4.69, 9.17) is 74.0 Å². The number of nitriles is 2. The lowest BCUT2D eigenvalue weighted by molar-refractivity contribution is 0.0684. The molecule has 12 rings (SSSR count). The predicted octanol–water partition coefficient (Wildman–Crippen LogP) is 14.8. The predicted molar refractivity (Wildman–Crippen MR) is 426 cm³/mol. The number of nitrogens with zero attached hydrogens (tertiary/aromatic N) is 12. The summed E-state index contributed by atoms with van der Waals surface area (Å²) >= 11 is 0. The van der Waals surface area contributed by atoms with E-state index >= 15 is 0 Å². The Morgan fingerprint density at radius 3 is 1.21 bits per heavy atom. The number of H-pyrrole nitrogens is 1. The molecule has 3 atom stereocenters. The molecule has 3 unspecified atom stereocenters. The Morgan fingerprint density at radius 2 is 0.911 bits per heavy atom. The van der Waals surface area contributed by atoms with Crippen LogP contribution in [-0.2, 0) is 8.85 Å². The second kappa shape index (κ2) is 42.9. The zero-order valence-corrected chi connectivity index (χ0v) is 70.0. The first-order chi connectivity index (χ1) is 52.7. The van der Waals surface area contributed by atoms with Crippen molar-refractivity contribution >= 4 is 40.3 Å². The third-order valence-corrected chi connectivity index (χ3v) is 28.1. The summed E-state index contributed by atoms with van der Waals surface area (Å²) in [6, 6.07) is 37.3. The number of aromatic nitrogens is 10. The van der Waals surface area contributed by atoms with Crippen molar-refractivity contribution in [3.8, 4) is 46.1 Å². The molecule has 606 valence electrons. The highest BCUT2D eigenvalue weighted by Crippen LogP contribution is 2.41. The largest absolute Gasteiger partial charge is 0.476 e. The lowest BCUT2D eigenvalue weighted by Crippen LogP contribution is -2.46. The van der Waals surface area contributed by atoms with Crippen LogP contribution in [-0.4, -0.2) is 155 Å². The van der Waals surface area contributed by atoms with Crippen molar-refractivity contribution in [1.29, 1.82) is 10.5 Å². The number of nitrogens with one attached hydrogen (secondary N) is 3. The van der Waals surface area contributed by atoms with E-state index in [0.717, 1.165) is 85.6 Å². The summed E-state index contributed by atoms with van der Waals surface area (Å²) < 4.78 is 37.7. The van der Waals surface area contributed by atoms with E-state index in [1.807, 2.05) is 119 Å². The number of benzene rings is 3. The molecule has 0 saturated heterocycles. The third-order valence-electron chi connectivity index (χ3n) is 19.0. The molecular formula is C79H113N17O14Si2. The molecule has 0 aliphatic heterocycles. The lowest BCUT2D eigenvalue weighted by Gasteiger charge is -2.38. The minimum absolute atomic E-state index is 0.0798. The van der Waals surface area contributed by atoms with Crippen LogP contribution in [0.25, 0.3) is 34.0 Å². The smallest absolute Gasteiger partial charge is 0.358 e. The minimum atomic E-state index is -1.82. The van der Waals surface area contributed by atoms with Crippen LogP contribution in [0.2, 0.25) is 36.3 Å². The summed E-state index contributed by atoms with van der Waals surface area (Å²) in [5.74, 6) is 6.73. The molecule has 3 aliphatic carbocycles. The van der Waals surface area contributed by atoms with Crippen LogP contribution in [0.3, 0.4) is 0 Å². The molecule has 0 radical (unpaired) electrons. The number of aliphatic hydroxyl groups excluding tert-OH is 2. The number of carboxylic acid groups (broad SMARTS) is 1. The van der Waals surface area contributed by atoms with Crippen molar-refractivity contribution in [3.63, 3.8) is 0 Å². The number of amidine groups is 1. The number of oxime groups is 1. The molecule has 9 aromatic rings. The molecule has 0 spiro atoms. The third kappa shape index (κ3) is 28.1. The van der Waals surface area contributed by atoms with Gasteiger partial charge in [0.05, 0.1) is 12.1 Å². The molecule has 3 fully saturated rings. The molecule has 0 bridgehead atoms. The summed E-state index contributed by atoms with van der Waals surface area (Å²) in [5, 5.41) is 83.9. The molecule has 2 amide bonds. The van der Waals surface area contributed by atoms with Crippen LogP contribution in [0.15, 0.2) is 137 Å². The van der Waals surface area contributed by atoms with E-state index in [1.165, 1.54) is 13.0 Å². The Hall–Kier alpha value is -10.4. The van der Waals surface area contributed by atoms with Crippen LogP contribution in [0.5, 0.6) is 0 Å². The summed E-state index contributed by atoms with van der Waals surface area (Å²) in [4.78, 5) is 48.5. The highest BCUT2D eigenvalue weighted by atomic mass is 28.4. The van der Waals surface area contributed by atoms with Gasteiger partial charge in [-0.1, -0.05) is 205 Å². The molecular weight excluding hydrogens is 1470 g/mol. The average molecular weight is 1580 g/mol. The van der Waals surface area contributed by atoms with Gasteiger partial charge in [-0.15, -0.1) is 0 Å². The summed E-state index contributed by atoms with van der Waals surface area (Å²) in [5.41, 5.74) is 14.3. The molecule has 3 saturated carbocycles. The second-order valence-electron chi connectivity index (χ2n) is 31.3. The fraction of sp³-hybridized carbons (Fsp3) is 0.506.